The van der Waals surface area contributed by atoms with Gasteiger partial charge in [0.1, 0.15) is 0 Å². The molecule has 118 valence electrons. The minimum atomic E-state index is -2.10. The number of benzene rings is 3. The van der Waals surface area contributed by atoms with Crippen LogP contribution in [0.1, 0.15) is 6.42 Å². The Morgan fingerprint density at radius 3 is 1.22 bits per heavy atom. The van der Waals surface area contributed by atoms with E-state index in [1.165, 1.54) is 15.9 Å². The van der Waals surface area contributed by atoms with Gasteiger partial charge in [-0.05, 0) is 0 Å². The fourth-order valence-electron chi connectivity index (χ4n) is 3.45. The van der Waals surface area contributed by atoms with Crippen molar-refractivity contribution < 1.29 is 5.11 Å². The Hall–Kier alpha value is -1.95. The molecule has 23 heavy (non-hydrogen) atoms. The van der Waals surface area contributed by atoms with Gasteiger partial charge in [-0.15, -0.1) is 0 Å². The van der Waals surface area contributed by atoms with Crippen LogP contribution in [0.5, 0.6) is 0 Å². The number of aliphatic hydroxyl groups is 1. The molecule has 0 heterocycles. The third-order valence-corrected chi connectivity index (χ3v) is 9.57. The van der Waals surface area contributed by atoms with Crippen molar-refractivity contribution in [2.75, 3.05) is 12.8 Å². The van der Waals surface area contributed by atoms with E-state index in [-0.39, 0.29) is 6.61 Å². The van der Waals surface area contributed by atoms with Gasteiger partial charge < -0.3 is 0 Å². The van der Waals surface area contributed by atoms with Gasteiger partial charge in [0.25, 0.3) is 0 Å². The summed E-state index contributed by atoms with van der Waals surface area (Å²) in [6.45, 7) is 0.237. The zero-order valence-electron chi connectivity index (χ0n) is 13.2. The van der Waals surface area contributed by atoms with Gasteiger partial charge in [0.05, 0.1) is 0 Å². The van der Waals surface area contributed by atoms with Crippen molar-refractivity contribution in [2.45, 2.75) is 6.42 Å². The van der Waals surface area contributed by atoms with Crippen molar-refractivity contribution in [1.82, 2.24) is 0 Å². The van der Waals surface area contributed by atoms with Gasteiger partial charge in [0.2, 0.25) is 0 Å². The predicted octanol–water partition coefficient (Wildman–Crippen LogP) is 3.10. The van der Waals surface area contributed by atoms with Crippen molar-refractivity contribution in [3.63, 3.8) is 0 Å². The second-order valence-electron chi connectivity index (χ2n) is 5.83. The van der Waals surface area contributed by atoms with Crippen molar-refractivity contribution in [1.29, 1.82) is 0 Å². The molecule has 3 rings (SSSR count). The zero-order chi connectivity index (χ0) is 16.0. The Balaban J connectivity index is 2.25. The third kappa shape index (κ3) is 3.22. The Kier molecular flexibility index (Phi) is 5.23. The fourth-order valence-corrected chi connectivity index (χ4v) is 8.28. The van der Waals surface area contributed by atoms with Crippen LogP contribution in [0.15, 0.2) is 91.0 Å². The molecule has 0 spiro atoms. The Morgan fingerprint density at radius 2 is 0.913 bits per heavy atom. The van der Waals surface area contributed by atoms with E-state index in [2.05, 4.69) is 91.0 Å². The Morgan fingerprint density at radius 1 is 0.565 bits per heavy atom. The monoisotopic (exact) mass is 322 g/mol. The van der Waals surface area contributed by atoms with Crippen molar-refractivity contribution >= 4 is 23.2 Å². The molecular weight excluding hydrogens is 299 g/mol. The standard InChI is InChI=1S/C21H23OP/c22-17-10-18-23(19-11-4-1-5-12-19,20-13-6-2-7-14-20)21-15-8-3-9-16-21/h1-9,11-16,22-23H,10,17-18H2. The molecule has 0 radical (unpaired) electrons. The molecule has 0 amide bonds. The first-order valence-electron chi connectivity index (χ1n) is 8.15. The Labute approximate surface area is 139 Å². The first kappa shape index (κ1) is 15.9. The van der Waals surface area contributed by atoms with E-state index in [4.69, 9.17) is 0 Å². The fraction of sp³-hybridized carbons (Fsp3) is 0.143. The van der Waals surface area contributed by atoms with Gasteiger partial charge >= 0.3 is 138 Å². The molecule has 0 fully saturated rings. The number of hydrogen-bond donors (Lipinski definition) is 1. The molecule has 1 nitrogen and oxygen atoms in total. The average Bonchev–Trinajstić information content (AvgIpc) is 2.65. The van der Waals surface area contributed by atoms with Gasteiger partial charge in [0.15, 0.2) is 0 Å². The second kappa shape index (κ2) is 7.55. The molecule has 1 N–H and O–H groups in total. The topological polar surface area (TPSA) is 20.2 Å². The number of aliphatic hydroxyl groups excluding tert-OH is 1. The SMILES string of the molecule is OCCC[PH](c1ccccc1)(c1ccccc1)c1ccccc1. The molecule has 0 saturated heterocycles. The molecule has 0 atom stereocenters. The minimum absolute atomic E-state index is 0.237. The summed E-state index contributed by atoms with van der Waals surface area (Å²) in [6, 6.07) is 32.5. The maximum absolute atomic E-state index is 9.49. The first-order valence-corrected chi connectivity index (χ1v) is 10.4. The van der Waals surface area contributed by atoms with Gasteiger partial charge in [-0.2, -0.15) is 0 Å². The molecule has 0 bridgehead atoms. The summed E-state index contributed by atoms with van der Waals surface area (Å²) >= 11 is 0. The summed E-state index contributed by atoms with van der Waals surface area (Å²) in [7, 11) is -2.10. The van der Waals surface area contributed by atoms with E-state index < -0.39 is 7.26 Å². The van der Waals surface area contributed by atoms with E-state index in [0.29, 0.717) is 0 Å². The van der Waals surface area contributed by atoms with Crippen LogP contribution in [0.2, 0.25) is 0 Å². The van der Waals surface area contributed by atoms with Gasteiger partial charge in [-0.25, -0.2) is 0 Å². The van der Waals surface area contributed by atoms with Crippen LogP contribution in [0.4, 0.5) is 0 Å². The second-order valence-corrected chi connectivity index (χ2v) is 9.87. The van der Waals surface area contributed by atoms with Crippen LogP contribution in [0, 0.1) is 0 Å². The van der Waals surface area contributed by atoms with Crippen LogP contribution < -0.4 is 15.9 Å². The van der Waals surface area contributed by atoms with E-state index in [1.54, 1.807) is 0 Å². The summed E-state index contributed by atoms with van der Waals surface area (Å²) in [5.41, 5.74) is 0. The van der Waals surface area contributed by atoms with Crippen molar-refractivity contribution in [2.24, 2.45) is 0 Å². The zero-order valence-corrected chi connectivity index (χ0v) is 14.2. The molecule has 0 unspecified atom stereocenters. The van der Waals surface area contributed by atoms with E-state index in [9.17, 15) is 5.11 Å². The van der Waals surface area contributed by atoms with Crippen molar-refractivity contribution in [3.05, 3.63) is 91.0 Å². The number of hydrogen-bond acceptors (Lipinski definition) is 1. The molecule has 0 aliphatic carbocycles. The van der Waals surface area contributed by atoms with Crippen LogP contribution in [-0.4, -0.2) is 17.9 Å². The molecule has 2 heteroatoms. The summed E-state index contributed by atoms with van der Waals surface area (Å²) in [5, 5.41) is 13.7. The van der Waals surface area contributed by atoms with E-state index >= 15 is 0 Å². The molecule has 3 aromatic rings. The Bertz CT molecular complexity index is 614. The molecule has 0 aliphatic heterocycles. The molecule has 0 saturated carbocycles. The van der Waals surface area contributed by atoms with Crippen LogP contribution in [0.3, 0.4) is 0 Å². The normalized spacial score (nSPS) is 12.0. The quantitative estimate of drug-likeness (QED) is 0.692. The van der Waals surface area contributed by atoms with E-state index in [1.807, 2.05) is 0 Å². The predicted molar refractivity (Wildman–Crippen MR) is 103 cm³/mol. The average molecular weight is 322 g/mol. The summed E-state index contributed by atoms with van der Waals surface area (Å²) in [5.74, 6) is 0. The van der Waals surface area contributed by atoms with Crippen molar-refractivity contribution in [3.8, 4) is 0 Å². The van der Waals surface area contributed by atoms with Crippen LogP contribution in [0.25, 0.3) is 0 Å². The number of rotatable bonds is 6. The van der Waals surface area contributed by atoms with Gasteiger partial charge in [-0.1, -0.05) is 0 Å². The van der Waals surface area contributed by atoms with Crippen LogP contribution >= 0.6 is 7.26 Å². The molecule has 0 aliphatic rings. The van der Waals surface area contributed by atoms with Crippen LogP contribution in [-0.2, 0) is 0 Å². The molecule has 0 aromatic heterocycles. The molecule has 3 aromatic carbocycles. The summed E-state index contributed by atoms with van der Waals surface area (Å²) in [4.78, 5) is 0. The summed E-state index contributed by atoms with van der Waals surface area (Å²) < 4.78 is 0. The maximum atomic E-state index is 9.49. The van der Waals surface area contributed by atoms with Gasteiger partial charge in [0, 0.05) is 0 Å². The molecular formula is C21H23OP. The third-order valence-electron chi connectivity index (χ3n) is 4.51. The van der Waals surface area contributed by atoms with E-state index in [0.717, 1.165) is 12.6 Å². The first-order chi connectivity index (χ1) is 11.4. The summed E-state index contributed by atoms with van der Waals surface area (Å²) in [6.07, 6.45) is 1.84. The van der Waals surface area contributed by atoms with Gasteiger partial charge in [-0.3, -0.25) is 0 Å².